The highest BCUT2D eigenvalue weighted by Crippen LogP contribution is 2.42. The zero-order valence-electron chi connectivity index (χ0n) is 15.1. The molecule has 1 N–H and O–H groups in total. The number of esters is 1. The van der Waals surface area contributed by atoms with Crippen LogP contribution in [0.15, 0.2) is 30.3 Å². The Balaban J connectivity index is 2.74. The van der Waals surface area contributed by atoms with Gasteiger partial charge >= 0.3 is 11.7 Å². The maximum absolute atomic E-state index is 14.0. The van der Waals surface area contributed by atoms with E-state index in [9.17, 15) is 34.5 Å². The third-order valence-corrected chi connectivity index (χ3v) is 3.70. The van der Waals surface area contributed by atoms with Crippen molar-refractivity contribution in [2.45, 2.75) is 20.8 Å². The highest BCUT2D eigenvalue weighted by molar-refractivity contribution is 6.14. The molecule has 0 aliphatic carbocycles. The summed E-state index contributed by atoms with van der Waals surface area (Å²) in [7, 11) is 0. The molecular weight excluding hydrogens is 371 g/mol. The van der Waals surface area contributed by atoms with E-state index < -0.39 is 61.8 Å². The fraction of sp³-hybridized carbons (Fsp3) is 0.211. The Morgan fingerprint density at radius 1 is 1.29 bits per heavy atom. The van der Waals surface area contributed by atoms with Gasteiger partial charge in [0.05, 0.1) is 21.5 Å². The maximum Gasteiger partial charge on any atom is 0.327 e. The number of nitro benzene ring substituents is 1. The molecule has 8 nitrogen and oxygen atoms in total. The van der Waals surface area contributed by atoms with Crippen molar-refractivity contribution in [3.05, 3.63) is 63.0 Å². The molecule has 0 aliphatic rings. The standard InChI is InChI=1S/C19H15FN2O6/c1-19(2,3)18(25)28-13-8-10(9-21)14(15(17(13)24)22(26)27)16(23)11-6-4-5-7-12(11)20/h4-8,24H,1-3H3. The molecule has 144 valence electrons. The van der Waals surface area contributed by atoms with E-state index in [1.165, 1.54) is 32.9 Å². The summed E-state index contributed by atoms with van der Waals surface area (Å²) in [5.41, 5.74) is -4.01. The molecule has 0 spiro atoms. The van der Waals surface area contributed by atoms with E-state index in [1.54, 1.807) is 6.07 Å². The summed E-state index contributed by atoms with van der Waals surface area (Å²) in [5.74, 6) is -4.69. The lowest BCUT2D eigenvalue weighted by atomic mass is 9.95. The van der Waals surface area contributed by atoms with Crippen molar-refractivity contribution in [3.8, 4) is 17.6 Å². The first-order valence-electron chi connectivity index (χ1n) is 7.95. The Hall–Kier alpha value is -3.80. The van der Waals surface area contributed by atoms with E-state index in [-0.39, 0.29) is 0 Å². The lowest BCUT2D eigenvalue weighted by Gasteiger charge is -2.17. The number of aromatic hydroxyl groups is 1. The van der Waals surface area contributed by atoms with Crippen LogP contribution >= 0.6 is 0 Å². The normalized spacial score (nSPS) is 10.8. The number of ketones is 1. The first kappa shape index (κ1) is 20.5. The van der Waals surface area contributed by atoms with Crippen molar-refractivity contribution < 1.29 is 28.7 Å². The van der Waals surface area contributed by atoms with Crippen LogP contribution < -0.4 is 4.74 Å². The Morgan fingerprint density at radius 3 is 2.39 bits per heavy atom. The van der Waals surface area contributed by atoms with Gasteiger partial charge in [-0.05, 0) is 32.9 Å². The molecule has 0 aliphatic heterocycles. The SMILES string of the molecule is CC(C)(C)C(=O)Oc1cc(C#N)c(C(=O)c2ccccc2F)c([N+](=O)[O-])c1O. The number of rotatable bonds is 4. The number of benzene rings is 2. The molecule has 0 heterocycles. The van der Waals surface area contributed by atoms with Gasteiger partial charge in [-0.25, -0.2) is 4.39 Å². The van der Waals surface area contributed by atoms with Gasteiger partial charge in [0.25, 0.3) is 0 Å². The number of phenolic OH excluding ortho intramolecular Hbond substituents is 1. The monoisotopic (exact) mass is 386 g/mol. The summed E-state index contributed by atoms with van der Waals surface area (Å²) in [4.78, 5) is 35.2. The molecule has 0 fully saturated rings. The van der Waals surface area contributed by atoms with Crippen molar-refractivity contribution in [2.75, 3.05) is 0 Å². The number of nitriles is 1. The molecule has 0 unspecified atom stereocenters. The maximum atomic E-state index is 14.0. The number of phenols is 1. The van der Waals surface area contributed by atoms with Gasteiger partial charge in [-0.2, -0.15) is 5.26 Å². The number of nitrogens with zero attached hydrogens (tertiary/aromatic N) is 2. The zero-order valence-corrected chi connectivity index (χ0v) is 15.1. The van der Waals surface area contributed by atoms with Crippen LogP contribution in [0.2, 0.25) is 0 Å². The second-order valence-corrected chi connectivity index (χ2v) is 6.81. The lowest BCUT2D eigenvalue weighted by molar-refractivity contribution is -0.386. The highest BCUT2D eigenvalue weighted by Gasteiger charge is 2.35. The average molecular weight is 386 g/mol. The molecule has 9 heteroatoms. The minimum absolute atomic E-state index is 0.513. The molecule has 0 atom stereocenters. The van der Waals surface area contributed by atoms with Crippen LogP contribution in [0.5, 0.6) is 11.5 Å². The van der Waals surface area contributed by atoms with Gasteiger partial charge in [0.15, 0.2) is 5.75 Å². The van der Waals surface area contributed by atoms with E-state index in [0.717, 1.165) is 18.2 Å². The Morgan fingerprint density at radius 2 is 1.89 bits per heavy atom. The fourth-order valence-corrected chi connectivity index (χ4v) is 2.24. The Bertz CT molecular complexity index is 1030. The molecule has 2 aromatic rings. The summed E-state index contributed by atoms with van der Waals surface area (Å²) < 4.78 is 18.9. The quantitative estimate of drug-likeness (QED) is 0.280. The van der Waals surface area contributed by atoms with Gasteiger partial charge in [0, 0.05) is 6.07 Å². The molecular formula is C19H15FN2O6. The minimum Gasteiger partial charge on any atom is -0.499 e. The number of hydrogen-bond donors (Lipinski definition) is 1. The highest BCUT2D eigenvalue weighted by atomic mass is 19.1. The van der Waals surface area contributed by atoms with Crippen LogP contribution in [0.3, 0.4) is 0 Å². The predicted molar refractivity (Wildman–Crippen MR) is 94.4 cm³/mol. The molecule has 28 heavy (non-hydrogen) atoms. The van der Waals surface area contributed by atoms with Gasteiger partial charge in [-0.3, -0.25) is 19.7 Å². The van der Waals surface area contributed by atoms with Gasteiger partial charge in [0.1, 0.15) is 17.4 Å². The third kappa shape index (κ3) is 3.81. The first-order chi connectivity index (χ1) is 13.0. The smallest absolute Gasteiger partial charge is 0.327 e. The molecule has 0 aromatic heterocycles. The predicted octanol–water partition coefficient (Wildman–Crippen LogP) is 3.49. The summed E-state index contributed by atoms with van der Waals surface area (Å²) in [5, 5.41) is 31.1. The second kappa shape index (κ2) is 7.44. The molecule has 0 bridgehead atoms. The van der Waals surface area contributed by atoms with Crippen molar-refractivity contribution in [1.29, 1.82) is 5.26 Å². The number of nitro groups is 1. The van der Waals surface area contributed by atoms with Crippen LogP contribution in [0.25, 0.3) is 0 Å². The van der Waals surface area contributed by atoms with E-state index >= 15 is 0 Å². The van der Waals surface area contributed by atoms with Crippen molar-refractivity contribution >= 4 is 17.4 Å². The summed E-state index contributed by atoms with van der Waals surface area (Å²) in [6, 6.07) is 7.15. The van der Waals surface area contributed by atoms with Crippen molar-refractivity contribution in [1.82, 2.24) is 0 Å². The Kier molecular flexibility index (Phi) is 5.45. The number of hydrogen-bond acceptors (Lipinski definition) is 7. The van der Waals surface area contributed by atoms with Crippen LogP contribution in [-0.4, -0.2) is 21.8 Å². The van der Waals surface area contributed by atoms with E-state index in [0.29, 0.717) is 0 Å². The van der Waals surface area contributed by atoms with Gasteiger partial charge in [-0.15, -0.1) is 0 Å². The van der Waals surface area contributed by atoms with E-state index in [1.807, 2.05) is 0 Å². The van der Waals surface area contributed by atoms with Crippen LogP contribution in [0.4, 0.5) is 10.1 Å². The number of ether oxygens (including phenoxy) is 1. The summed E-state index contributed by atoms with van der Waals surface area (Å²) in [6.45, 7) is 4.55. The van der Waals surface area contributed by atoms with Crippen LogP contribution in [-0.2, 0) is 4.79 Å². The number of carbonyl (C=O) groups is 2. The van der Waals surface area contributed by atoms with Crippen molar-refractivity contribution in [3.63, 3.8) is 0 Å². The fourth-order valence-electron chi connectivity index (χ4n) is 2.24. The third-order valence-electron chi connectivity index (χ3n) is 3.70. The van der Waals surface area contributed by atoms with Crippen molar-refractivity contribution in [2.24, 2.45) is 5.41 Å². The Labute approximate surface area is 158 Å². The van der Waals surface area contributed by atoms with E-state index in [2.05, 4.69) is 0 Å². The molecule has 0 radical (unpaired) electrons. The molecule has 0 amide bonds. The zero-order chi connectivity index (χ0) is 21.2. The molecule has 0 saturated carbocycles. The van der Waals surface area contributed by atoms with Gasteiger partial charge < -0.3 is 9.84 Å². The van der Waals surface area contributed by atoms with Crippen LogP contribution in [0.1, 0.15) is 42.3 Å². The average Bonchev–Trinajstić information content (AvgIpc) is 2.61. The molecule has 2 aromatic carbocycles. The second-order valence-electron chi connectivity index (χ2n) is 6.81. The van der Waals surface area contributed by atoms with Gasteiger partial charge in [0.2, 0.25) is 11.5 Å². The summed E-state index contributed by atoms with van der Waals surface area (Å²) >= 11 is 0. The lowest BCUT2D eigenvalue weighted by Crippen LogP contribution is -2.25. The van der Waals surface area contributed by atoms with Gasteiger partial charge in [-0.1, -0.05) is 12.1 Å². The summed E-state index contributed by atoms with van der Waals surface area (Å²) in [6.07, 6.45) is 0. The van der Waals surface area contributed by atoms with E-state index in [4.69, 9.17) is 4.74 Å². The molecule has 2 rings (SSSR count). The number of carbonyl (C=O) groups excluding carboxylic acids is 2. The number of halogens is 1. The molecule has 0 saturated heterocycles. The first-order valence-corrected chi connectivity index (χ1v) is 7.95. The topological polar surface area (TPSA) is 131 Å². The van der Waals surface area contributed by atoms with Crippen LogP contribution in [0, 0.1) is 32.7 Å². The largest absolute Gasteiger partial charge is 0.499 e. The minimum atomic E-state index is -1.16.